The van der Waals surface area contributed by atoms with Crippen LogP contribution in [0.15, 0.2) is 30.3 Å². The van der Waals surface area contributed by atoms with Gasteiger partial charge in [-0.25, -0.2) is 4.72 Å². The zero-order valence-corrected chi connectivity index (χ0v) is 14.4. The van der Waals surface area contributed by atoms with Crippen molar-refractivity contribution in [1.29, 1.82) is 0 Å². The normalized spacial score (nSPS) is 12.7. The minimum absolute atomic E-state index is 0.142. The van der Waals surface area contributed by atoms with Crippen LogP contribution in [0.2, 0.25) is 0 Å². The Hall–Kier alpha value is -1.93. The van der Waals surface area contributed by atoms with Crippen LogP contribution in [0.25, 0.3) is 0 Å². The van der Waals surface area contributed by atoms with Crippen molar-refractivity contribution in [2.45, 2.75) is 26.8 Å². The second-order valence-corrected chi connectivity index (χ2v) is 7.08. The second-order valence-electron chi connectivity index (χ2n) is 5.30. The Morgan fingerprint density at radius 1 is 1.22 bits per heavy atom. The van der Waals surface area contributed by atoms with Gasteiger partial charge in [0.25, 0.3) is 5.91 Å². The highest BCUT2D eigenvalue weighted by molar-refractivity contribution is 7.87. The van der Waals surface area contributed by atoms with Crippen molar-refractivity contribution in [3.63, 3.8) is 0 Å². The number of nitrogens with one attached hydrogen (secondary N) is 2. The van der Waals surface area contributed by atoms with Crippen LogP contribution >= 0.6 is 0 Å². The van der Waals surface area contributed by atoms with Gasteiger partial charge in [0.05, 0.1) is 6.54 Å². The van der Waals surface area contributed by atoms with Gasteiger partial charge in [-0.05, 0) is 12.0 Å². The lowest BCUT2D eigenvalue weighted by Crippen LogP contribution is -2.45. The van der Waals surface area contributed by atoms with Crippen LogP contribution in [0, 0.1) is 5.92 Å². The molecule has 2 N–H and O–H groups in total. The molecule has 7 nitrogen and oxygen atoms in total. The number of rotatable bonds is 8. The van der Waals surface area contributed by atoms with E-state index in [9.17, 15) is 18.0 Å². The number of hydrogen-bond acceptors (Lipinski definition) is 4. The molecule has 0 fully saturated rings. The van der Waals surface area contributed by atoms with Crippen LogP contribution in [0.3, 0.4) is 0 Å². The third-order valence-corrected chi connectivity index (χ3v) is 4.82. The summed E-state index contributed by atoms with van der Waals surface area (Å²) in [4.78, 5) is 23.3. The van der Waals surface area contributed by atoms with Crippen LogP contribution in [-0.2, 0) is 26.3 Å². The highest BCUT2D eigenvalue weighted by Gasteiger charge is 2.21. The second kappa shape index (κ2) is 8.64. The Morgan fingerprint density at radius 3 is 2.39 bits per heavy atom. The standard InChI is InChI=1S/C15H23N3O4S/c1-4-12(2)15(20)16-10-14(19)17-23(21,22)18(3)11-13-8-6-5-7-9-13/h5-9,12H,4,10-11H2,1-3H3,(H,16,20)(H,17,19). The van der Waals surface area contributed by atoms with Gasteiger partial charge in [0.2, 0.25) is 5.91 Å². The van der Waals surface area contributed by atoms with Crippen LogP contribution in [0.4, 0.5) is 0 Å². The molecule has 0 aliphatic carbocycles. The summed E-state index contributed by atoms with van der Waals surface area (Å²) in [5, 5.41) is 2.41. The predicted molar refractivity (Wildman–Crippen MR) is 87.4 cm³/mol. The molecular formula is C15H23N3O4S. The van der Waals surface area contributed by atoms with Gasteiger partial charge in [-0.15, -0.1) is 0 Å². The van der Waals surface area contributed by atoms with Gasteiger partial charge in [-0.3, -0.25) is 9.59 Å². The highest BCUT2D eigenvalue weighted by Crippen LogP contribution is 2.05. The van der Waals surface area contributed by atoms with E-state index in [0.29, 0.717) is 6.42 Å². The van der Waals surface area contributed by atoms with E-state index in [4.69, 9.17) is 0 Å². The average Bonchev–Trinajstić information content (AvgIpc) is 2.52. The first kappa shape index (κ1) is 19.1. The Morgan fingerprint density at radius 2 is 1.83 bits per heavy atom. The van der Waals surface area contributed by atoms with E-state index in [-0.39, 0.29) is 24.9 Å². The summed E-state index contributed by atoms with van der Waals surface area (Å²) in [6.07, 6.45) is 0.644. The van der Waals surface area contributed by atoms with Crippen molar-refractivity contribution in [3.05, 3.63) is 35.9 Å². The summed E-state index contributed by atoms with van der Waals surface area (Å²) in [6.45, 7) is 3.36. The van der Waals surface area contributed by atoms with Crippen molar-refractivity contribution >= 4 is 22.0 Å². The average molecular weight is 341 g/mol. The van der Waals surface area contributed by atoms with E-state index in [1.54, 1.807) is 31.2 Å². The minimum atomic E-state index is -3.95. The zero-order chi connectivity index (χ0) is 17.5. The van der Waals surface area contributed by atoms with Crippen LogP contribution in [0.5, 0.6) is 0 Å². The fourth-order valence-electron chi connectivity index (χ4n) is 1.71. The van der Waals surface area contributed by atoms with Gasteiger partial charge < -0.3 is 5.32 Å². The Balaban J connectivity index is 2.53. The van der Waals surface area contributed by atoms with Crippen molar-refractivity contribution < 1.29 is 18.0 Å². The third-order valence-electron chi connectivity index (χ3n) is 3.38. The lowest BCUT2D eigenvalue weighted by molar-refractivity contribution is -0.127. The van der Waals surface area contributed by atoms with Gasteiger partial charge in [0.1, 0.15) is 0 Å². The quantitative estimate of drug-likeness (QED) is 0.725. The molecule has 0 bridgehead atoms. The predicted octanol–water partition coefficient (Wildman–Crippen LogP) is 0.642. The molecule has 128 valence electrons. The molecule has 0 heterocycles. The van der Waals surface area contributed by atoms with Crippen LogP contribution in [-0.4, -0.2) is 38.1 Å². The minimum Gasteiger partial charge on any atom is -0.347 e. The fraction of sp³-hybridized carbons (Fsp3) is 0.467. The maximum atomic E-state index is 12.1. The number of nitrogens with zero attached hydrogens (tertiary/aromatic N) is 1. The Bertz CT molecular complexity index is 631. The molecule has 1 rings (SSSR count). The summed E-state index contributed by atoms with van der Waals surface area (Å²) in [7, 11) is -2.57. The van der Waals surface area contributed by atoms with Crippen LogP contribution < -0.4 is 10.0 Å². The molecule has 0 aliphatic rings. The van der Waals surface area contributed by atoms with Crippen molar-refractivity contribution in [1.82, 2.24) is 14.3 Å². The molecule has 23 heavy (non-hydrogen) atoms. The summed E-state index contributed by atoms with van der Waals surface area (Å²) >= 11 is 0. The summed E-state index contributed by atoms with van der Waals surface area (Å²) in [5.41, 5.74) is 0.804. The molecule has 0 aliphatic heterocycles. The number of benzene rings is 1. The summed E-state index contributed by atoms with van der Waals surface area (Å²) in [5.74, 6) is -1.28. The van der Waals surface area contributed by atoms with Crippen LogP contribution in [0.1, 0.15) is 25.8 Å². The molecule has 8 heteroatoms. The fourth-order valence-corrected chi connectivity index (χ4v) is 2.55. The summed E-state index contributed by atoms with van der Waals surface area (Å²) < 4.78 is 27.1. The molecule has 1 aromatic carbocycles. The first-order valence-corrected chi connectivity index (χ1v) is 8.78. The van der Waals surface area contributed by atoms with E-state index in [1.165, 1.54) is 7.05 Å². The number of carbonyl (C=O) groups is 2. The van der Waals surface area contributed by atoms with Gasteiger partial charge in [-0.1, -0.05) is 44.2 Å². The lowest BCUT2D eigenvalue weighted by Gasteiger charge is -2.18. The molecule has 2 amide bonds. The molecule has 0 radical (unpaired) electrons. The molecule has 0 spiro atoms. The summed E-state index contributed by atoms with van der Waals surface area (Å²) in [6, 6.07) is 9.03. The van der Waals surface area contributed by atoms with Gasteiger partial charge >= 0.3 is 10.2 Å². The molecule has 1 unspecified atom stereocenters. The maximum Gasteiger partial charge on any atom is 0.303 e. The number of hydrogen-bond donors (Lipinski definition) is 2. The smallest absolute Gasteiger partial charge is 0.303 e. The van der Waals surface area contributed by atoms with Gasteiger partial charge in [0, 0.05) is 19.5 Å². The van der Waals surface area contributed by atoms with Crippen molar-refractivity contribution in [2.24, 2.45) is 5.92 Å². The monoisotopic (exact) mass is 341 g/mol. The number of carbonyl (C=O) groups excluding carboxylic acids is 2. The molecule has 0 saturated carbocycles. The van der Waals surface area contributed by atoms with E-state index in [0.717, 1.165) is 9.87 Å². The molecule has 1 aromatic rings. The van der Waals surface area contributed by atoms with Crippen molar-refractivity contribution in [2.75, 3.05) is 13.6 Å². The Kier molecular flexibility index (Phi) is 7.18. The topological polar surface area (TPSA) is 95.6 Å². The molecular weight excluding hydrogens is 318 g/mol. The molecule has 0 saturated heterocycles. The van der Waals surface area contributed by atoms with Gasteiger partial charge in [-0.2, -0.15) is 12.7 Å². The number of amides is 2. The highest BCUT2D eigenvalue weighted by atomic mass is 32.2. The van der Waals surface area contributed by atoms with E-state index < -0.39 is 16.1 Å². The van der Waals surface area contributed by atoms with E-state index >= 15 is 0 Å². The first-order valence-electron chi connectivity index (χ1n) is 7.34. The third kappa shape index (κ3) is 6.37. The SMILES string of the molecule is CCC(C)C(=O)NCC(=O)NS(=O)(=O)N(C)Cc1ccccc1. The lowest BCUT2D eigenvalue weighted by atomic mass is 10.1. The van der Waals surface area contributed by atoms with E-state index in [2.05, 4.69) is 5.32 Å². The zero-order valence-electron chi connectivity index (χ0n) is 13.6. The largest absolute Gasteiger partial charge is 0.347 e. The molecule has 0 aromatic heterocycles. The van der Waals surface area contributed by atoms with E-state index in [1.807, 2.05) is 17.7 Å². The molecule has 1 atom stereocenters. The maximum absolute atomic E-state index is 12.1. The van der Waals surface area contributed by atoms with Gasteiger partial charge in [0.15, 0.2) is 0 Å². The Labute approximate surface area is 137 Å². The van der Waals surface area contributed by atoms with Crippen molar-refractivity contribution in [3.8, 4) is 0 Å². The first-order chi connectivity index (χ1) is 10.8.